The minimum absolute atomic E-state index is 0.956. The number of fused-ring (bicyclic) bond motifs is 12. The molecule has 2 aliphatic carbocycles. The van der Waals surface area contributed by atoms with E-state index in [1.165, 1.54) is 83.8 Å². The summed E-state index contributed by atoms with van der Waals surface area (Å²) in [5.41, 5.74) is 21.5. The summed E-state index contributed by atoms with van der Waals surface area (Å²) in [4.78, 5) is 7.06. The first-order chi connectivity index (χ1) is 17.3. The maximum absolute atomic E-state index is 4.50. The Hall–Kier alpha value is -4.17. The van der Waals surface area contributed by atoms with E-state index < -0.39 is 0 Å². The van der Waals surface area contributed by atoms with Gasteiger partial charge in [-0.1, -0.05) is 60.7 Å². The molecule has 0 radical (unpaired) electrons. The van der Waals surface area contributed by atoms with Crippen molar-refractivity contribution in [3.63, 3.8) is 0 Å². The topological polar surface area (TPSA) is 16.1 Å². The molecule has 0 saturated carbocycles. The zero-order valence-electron chi connectivity index (χ0n) is 19.3. The minimum atomic E-state index is 0.956. The molecule has 0 bridgehead atoms. The van der Waals surface area contributed by atoms with Gasteiger partial charge in [-0.15, -0.1) is 0 Å². The Morgan fingerprint density at radius 1 is 0.543 bits per heavy atom. The Bertz CT molecular complexity index is 1760. The first-order valence-electron chi connectivity index (χ1n) is 12.6. The lowest BCUT2D eigenvalue weighted by Crippen LogP contribution is -2.26. The van der Waals surface area contributed by atoms with Crippen LogP contribution in [0.4, 0.5) is 17.1 Å². The van der Waals surface area contributed by atoms with Crippen molar-refractivity contribution in [2.75, 3.05) is 4.90 Å². The standard InChI is InChI=1S/C33H22N2/c1-3-7-24-20(6-1)16-27-26(24)9-10-31-28(27)17-29-32-21(13-19-5-2-4-8-25(19)32)14-22-15-23-18-34-12-11-30(23)35(31)33(22)29/h1-12,14,18H,13,15-17H2. The largest absolute Gasteiger partial charge is 0.309 e. The fourth-order valence-corrected chi connectivity index (χ4v) is 7.24. The van der Waals surface area contributed by atoms with E-state index >= 15 is 0 Å². The van der Waals surface area contributed by atoms with Crippen molar-refractivity contribution in [2.24, 2.45) is 0 Å². The van der Waals surface area contributed by atoms with Gasteiger partial charge in [0.15, 0.2) is 0 Å². The van der Waals surface area contributed by atoms with Crippen LogP contribution in [0.3, 0.4) is 0 Å². The maximum atomic E-state index is 4.50. The van der Waals surface area contributed by atoms with E-state index in [1.54, 1.807) is 0 Å². The summed E-state index contributed by atoms with van der Waals surface area (Å²) >= 11 is 0. The molecular weight excluding hydrogens is 424 g/mol. The van der Waals surface area contributed by atoms with Crippen molar-refractivity contribution in [3.05, 3.63) is 130 Å². The number of hydrogen-bond donors (Lipinski definition) is 0. The summed E-state index contributed by atoms with van der Waals surface area (Å²) in [7, 11) is 0. The molecule has 9 rings (SSSR count). The smallest absolute Gasteiger partial charge is 0.0539 e. The lowest BCUT2D eigenvalue weighted by molar-refractivity contribution is 0.985. The van der Waals surface area contributed by atoms with E-state index in [1.807, 2.05) is 6.20 Å². The van der Waals surface area contributed by atoms with E-state index in [2.05, 4.69) is 88.9 Å². The van der Waals surface area contributed by atoms with Gasteiger partial charge in [-0.3, -0.25) is 4.98 Å². The van der Waals surface area contributed by atoms with Gasteiger partial charge in [0.1, 0.15) is 0 Å². The fraction of sp³-hybridized carbons (Fsp3) is 0.121. The molecule has 0 N–H and O–H groups in total. The molecule has 164 valence electrons. The van der Waals surface area contributed by atoms with Gasteiger partial charge in [0, 0.05) is 25.2 Å². The zero-order valence-corrected chi connectivity index (χ0v) is 19.3. The number of rotatable bonds is 0. The molecule has 0 amide bonds. The summed E-state index contributed by atoms with van der Waals surface area (Å²) in [6.45, 7) is 0. The molecule has 2 nitrogen and oxygen atoms in total. The van der Waals surface area contributed by atoms with Crippen LogP contribution in [-0.4, -0.2) is 4.98 Å². The molecule has 5 aromatic rings. The van der Waals surface area contributed by atoms with Gasteiger partial charge in [0.25, 0.3) is 0 Å². The highest BCUT2D eigenvalue weighted by molar-refractivity contribution is 5.97. The molecule has 0 saturated heterocycles. The van der Waals surface area contributed by atoms with Crippen molar-refractivity contribution in [3.8, 4) is 22.3 Å². The molecule has 3 heterocycles. The van der Waals surface area contributed by atoms with Gasteiger partial charge >= 0.3 is 0 Å². The number of benzene rings is 4. The number of aromatic nitrogens is 1. The first-order valence-corrected chi connectivity index (χ1v) is 12.6. The Balaban J connectivity index is 1.37. The first kappa shape index (κ1) is 18.2. The van der Waals surface area contributed by atoms with Crippen LogP contribution >= 0.6 is 0 Å². The molecule has 35 heavy (non-hydrogen) atoms. The monoisotopic (exact) mass is 446 g/mol. The predicted molar refractivity (Wildman–Crippen MR) is 141 cm³/mol. The molecule has 4 aliphatic rings. The Kier molecular flexibility index (Phi) is 3.27. The van der Waals surface area contributed by atoms with Crippen molar-refractivity contribution in [1.82, 2.24) is 4.98 Å². The highest BCUT2D eigenvalue weighted by Gasteiger charge is 2.38. The fourth-order valence-electron chi connectivity index (χ4n) is 7.24. The maximum Gasteiger partial charge on any atom is 0.0539 e. The van der Waals surface area contributed by atoms with Crippen LogP contribution in [0, 0.1) is 0 Å². The molecule has 2 aliphatic heterocycles. The Morgan fingerprint density at radius 3 is 2.26 bits per heavy atom. The van der Waals surface area contributed by atoms with Crippen LogP contribution in [0.25, 0.3) is 22.3 Å². The molecule has 1 aromatic heterocycles. The van der Waals surface area contributed by atoms with Crippen molar-refractivity contribution in [2.45, 2.75) is 25.7 Å². The van der Waals surface area contributed by atoms with Crippen LogP contribution in [0.2, 0.25) is 0 Å². The van der Waals surface area contributed by atoms with E-state index in [9.17, 15) is 0 Å². The molecule has 0 spiro atoms. The molecule has 2 heteroatoms. The molecule has 0 fully saturated rings. The van der Waals surface area contributed by atoms with Gasteiger partial charge in [-0.2, -0.15) is 0 Å². The van der Waals surface area contributed by atoms with E-state index in [0.717, 1.165) is 25.7 Å². The normalized spacial score (nSPS) is 14.9. The van der Waals surface area contributed by atoms with Crippen LogP contribution in [0.5, 0.6) is 0 Å². The average Bonchev–Trinajstić information content (AvgIpc) is 3.47. The summed E-state index contributed by atoms with van der Waals surface area (Å²) in [6.07, 6.45) is 8.04. The third kappa shape index (κ3) is 2.23. The summed E-state index contributed by atoms with van der Waals surface area (Å²) in [5.74, 6) is 0. The van der Waals surface area contributed by atoms with Crippen LogP contribution in [0.15, 0.2) is 85.2 Å². The lowest BCUT2D eigenvalue weighted by atomic mass is 9.80. The minimum Gasteiger partial charge on any atom is -0.309 e. The van der Waals surface area contributed by atoms with E-state index in [4.69, 9.17) is 0 Å². The number of nitrogens with zero attached hydrogens (tertiary/aromatic N) is 2. The summed E-state index contributed by atoms with van der Waals surface area (Å²) in [6, 6.07) is 27.4. The van der Waals surface area contributed by atoms with Gasteiger partial charge in [0.2, 0.25) is 0 Å². The Morgan fingerprint density at radius 2 is 1.34 bits per heavy atom. The van der Waals surface area contributed by atoms with Crippen LogP contribution in [-0.2, 0) is 25.7 Å². The third-order valence-corrected chi connectivity index (χ3v) is 8.63. The van der Waals surface area contributed by atoms with Gasteiger partial charge in [-0.05, 0) is 91.7 Å². The average molecular weight is 447 g/mol. The zero-order chi connectivity index (χ0) is 22.7. The summed E-state index contributed by atoms with van der Waals surface area (Å²) in [5, 5.41) is 0. The van der Waals surface area contributed by atoms with Gasteiger partial charge < -0.3 is 4.90 Å². The molecular formula is C33H22N2. The number of pyridine rings is 1. The number of hydrogen-bond acceptors (Lipinski definition) is 2. The molecule has 0 unspecified atom stereocenters. The second-order valence-corrected chi connectivity index (χ2v) is 10.3. The number of anilines is 3. The highest BCUT2D eigenvalue weighted by Crippen LogP contribution is 2.57. The third-order valence-electron chi connectivity index (χ3n) is 8.63. The lowest BCUT2D eigenvalue weighted by Gasteiger charge is -2.41. The van der Waals surface area contributed by atoms with Gasteiger partial charge in [-0.25, -0.2) is 0 Å². The second kappa shape index (κ2) is 6.28. The van der Waals surface area contributed by atoms with Crippen molar-refractivity contribution in [1.29, 1.82) is 0 Å². The predicted octanol–water partition coefficient (Wildman–Crippen LogP) is 7.50. The summed E-state index contributed by atoms with van der Waals surface area (Å²) < 4.78 is 0. The molecule has 4 aromatic carbocycles. The Labute approximate surface area is 204 Å². The van der Waals surface area contributed by atoms with Crippen LogP contribution < -0.4 is 4.90 Å². The second-order valence-electron chi connectivity index (χ2n) is 10.3. The SMILES string of the molecule is c1ccc2c(c1)Cc1c-2ccc2c1Cc1c3c(cc4c1N2c1ccncc1C4)Cc1ccccc1-3. The quantitative estimate of drug-likeness (QED) is 0.240. The van der Waals surface area contributed by atoms with Crippen molar-refractivity contribution >= 4 is 17.1 Å². The van der Waals surface area contributed by atoms with Crippen molar-refractivity contribution < 1.29 is 0 Å². The van der Waals surface area contributed by atoms with Crippen LogP contribution in [0.1, 0.15) is 44.5 Å². The van der Waals surface area contributed by atoms with Gasteiger partial charge in [0.05, 0.1) is 17.1 Å². The molecule has 0 atom stereocenters. The highest BCUT2D eigenvalue weighted by atomic mass is 15.2. The van der Waals surface area contributed by atoms with E-state index in [-0.39, 0.29) is 0 Å². The van der Waals surface area contributed by atoms with E-state index in [0.29, 0.717) is 0 Å².